The van der Waals surface area contributed by atoms with Crippen molar-refractivity contribution in [2.24, 2.45) is 16.8 Å². The Labute approximate surface area is 112 Å². The van der Waals surface area contributed by atoms with E-state index in [1.165, 1.54) is 12.8 Å². The van der Waals surface area contributed by atoms with Gasteiger partial charge in [0.25, 0.3) is 0 Å². The van der Waals surface area contributed by atoms with Crippen LogP contribution in [0.15, 0.2) is 23.4 Å². The molecule has 0 amide bonds. The number of rotatable bonds is 5. The first-order valence-electron chi connectivity index (χ1n) is 6.05. The maximum atomic E-state index is 8.61. The second kappa shape index (κ2) is 5.59. The largest absolute Gasteiger partial charge is 0.409 e. The lowest BCUT2D eigenvalue weighted by Gasteiger charge is -2.17. The van der Waals surface area contributed by atoms with Crippen LogP contribution in [0.25, 0.3) is 0 Å². The Balaban J connectivity index is 2.04. The molecule has 18 heavy (non-hydrogen) atoms. The molecule has 2 rings (SSSR count). The monoisotopic (exact) mass is 267 g/mol. The lowest BCUT2D eigenvalue weighted by Crippen LogP contribution is -2.21. The summed E-state index contributed by atoms with van der Waals surface area (Å²) in [5.41, 5.74) is 7.22. The summed E-state index contributed by atoms with van der Waals surface area (Å²) in [5, 5.41) is 12.2. The molecular weight excluding hydrogens is 250 g/mol. The highest BCUT2D eigenvalue weighted by atomic mass is 35.5. The van der Waals surface area contributed by atoms with E-state index >= 15 is 0 Å². The van der Waals surface area contributed by atoms with Gasteiger partial charge in [-0.05, 0) is 37.4 Å². The predicted molar refractivity (Wildman–Crippen MR) is 73.0 cm³/mol. The molecular formula is C13H18ClN3O. The standard InChI is InChI=1S/C13H18ClN3O/c1-17(7-9-2-3-9)8-11-5-4-10(6-12(11)14)13(15)16-18/h4-6,9,18H,2-3,7-8H2,1H3,(H2,15,16). The molecule has 3 N–H and O–H groups in total. The van der Waals surface area contributed by atoms with Gasteiger partial charge in [-0.1, -0.05) is 28.9 Å². The fraction of sp³-hybridized carbons (Fsp3) is 0.462. The van der Waals surface area contributed by atoms with E-state index in [1.807, 2.05) is 12.1 Å². The molecule has 1 saturated carbocycles. The maximum absolute atomic E-state index is 8.61. The summed E-state index contributed by atoms with van der Waals surface area (Å²) in [5.74, 6) is 0.944. The van der Waals surface area contributed by atoms with Crippen LogP contribution in [0.3, 0.4) is 0 Å². The maximum Gasteiger partial charge on any atom is 0.170 e. The van der Waals surface area contributed by atoms with Crippen molar-refractivity contribution in [2.75, 3.05) is 13.6 Å². The molecule has 0 aliphatic heterocycles. The number of hydrogen-bond acceptors (Lipinski definition) is 3. The minimum Gasteiger partial charge on any atom is -0.409 e. The molecule has 0 bridgehead atoms. The van der Waals surface area contributed by atoms with Crippen LogP contribution in [0.2, 0.25) is 5.02 Å². The van der Waals surface area contributed by atoms with Crippen LogP contribution in [0.5, 0.6) is 0 Å². The van der Waals surface area contributed by atoms with Crippen LogP contribution in [-0.4, -0.2) is 29.5 Å². The normalized spacial score (nSPS) is 16.3. The van der Waals surface area contributed by atoms with Crippen molar-refractivity contribution < 1.29 is 5.21 Å². The third-order valence-corrected chi connectivity index (χ3v) is 3.52. The number of hydrogen-bond donors (Lipinski definition) is 2. The molecule has 4 nitrogen and oxygen atoms in total. The van der Waals surface area contributed by atoms with E-state index in [-0.39, 0.29) is 5.84 Å². The fourth-order valence-corrected chi connectivity index (χ4v) is 2.23. The highest BCUT2D eigenvalue weighted by Crippen LogP contribution is 2.30. The van der Waals surface area contributed by atoms with Crippen molar-refractivity contribution in [3.05, 3.63) is 34.3 Å². The summed E-state index contributed by atoms with van der Waals surface area (Å²) in [6, 6.07) is 5.48. The molecule has 98 valence electrons. The van der Waals surface area contributed by atoms with Gasteiger partial charge in [0, 0.05) is 23.7 Å². The molecule has 0 saturated heterocycles. The van der Waals surface area contributed by atoms with Gasteiger partial charge in [-0.25, -0.2) is 0 Å². The summed E-state index contributed by atoms with van der Waals surface area (Å²) in [6.45, 7) is 1.95. The first-order chi connectivity index (χ1) is 8.60. The van der Waals surface area contributed by atoms with E-state index in [1.54, 1.807) is 6.07 Å². The molecule has 1 aliphatic carbocycles. The lowest BCUT2D eigenvalue weighted by atomic mass is 10.1. The average molecular weight is 268 g/mol. The van der Waals surface area contributed by atoms with Crippen LogP contribution in [0, 0.1) is 5.92 Å². The van der Waals surface area contributed by atoms with E-state index < -0.39 is 0 Å². The minimum absolute atomic E-state index is 0.0785. The van der Waals surface area contributed by atoms with Crippen molar-refractivity contribution in [2.45, 2.75) is 19.4 Å². The fourth-order valence-electron chi connectivity index (χ4n) is 1.99. The average Bonchev–Trinajstić information content (AvgIpc) is 3.14. The number of nitrogens with zero attached hydrogens (tertiary/aromatic N) is 2. The van der Waals surface area contributed by atoms with Crippen LogP contribution < -0.4 is 5.73 Å². The Morgan fingerprint density at radius 2 is 2.28 bits per heavy atom. The quantitative estimate of drug-likeness (QED) is 0.372. The Kier molecular flexibility index (Phi) is 4.09. The Morgan fingerprint density at radius 3 is 2.83 bits per heavy atom. The molecule has 0 spiro atoms. The SMILES string of the molecule is CN(Cc1ccc(/C(N)=N/O)cc1Cl)CC1CC1. The van der Waals surface area contributed by atoms with Gasteiger partial charge < -0.3 is 15.8 Å². The molecule has 5 heteroatoms. The van der Waals surface area contributed by atoms with Gasteiger partial charge in [-0.2, -0.15) is 0 Å². The number of oxime groups is 1. The van der Waals surface area contributed by atoms with Crippen molar-refractivity contribution in [1.82, 2.24) is 4.90 Å². The smallest absolute Gasteiger partial charge is 0.170 e. The van der Waals surface area contributed by atoms with Crippen LogP contribution in [0.4, 0.5) is 0 Å². The van der Waals surface area contributed by atoms with Gasteiger partial charge in [0.05, 0.1) is 0 Å². The van der Waals surface area contributed by atoms with Gasteiger partial charge in [0.1, 0.15) is 0 Å². The number of benzene rings is 1. The summed E-state index contributed by atoms with van der Waals surface area (Å²) in [6.07, 6.45) is 2.70. The Hall–Kier alpha value is -1.26. The predicted octanol–water partition coefficient (Wildman–Crippen LogP) is 2.28. The number of amidine groups is 1. The molecule has 0 heterocycles. The molecule has 0 unspecified atom stereocenters. The van der Waals surface area contributed by atoms with Gasteiger partial charge in [-0.15, -0.1) is 0 Å². The van der Waals surface area contributed by atoms with Gasteiger partial charge >= 0.3 is 0 Å². The summed E-state index contributed by atoms with van der Waals surface area (Å²) in [7, 11) is 2.10. The molecule has 0 atom stereocenters. The van der Waals surface area contributed by atoms with E-state index in [0.717, 1.165) is 24.6 Å². The van der Waals surface area contributed by atoms with Crippen LogP contribution >= 0.6 is 11.6 Å². The molecule has 1 fully saturated rings. The highest BCUT2D eigenvalue weighted by Gasteiger charge is 2.22. The molecule has 1 aromatic carbocycles. The lowest BCUT2D eigenvalue weighted by molar-refractivity contribution is 0.313. The van der Waals surface area contributed by atoms with Crippen molar-refractivity contribution in [3.8, 4) is 0 Å². The third kappa shape index (κ3) is 3.37. The van der Waals surface area contributed by atoms with E-state index in [4.69, 9.17) is 22.5 Å². The van der Waals surface area contributed by atoms with E-state index in [2.05, 4.69) is 17.1 Å². The van der Waals surface area contributed by atoms with Crippen molar-refractivity contribution in [1.29, 1.82) is 0 Å². The second-order valence-electron chi connectivity index (χ2n) is 4.93. The summed E-state index contributed by atoms with van der Waals surface area (Å²) in [4.78, 5) is 2.28. The molecule has 1 aromatic rings. The van der Waals surface area contributed by atoms with Crippen LogP contribution in [-0.2, 0) is 6.54 Å². The van der Waals surface area contributed by atoms with Gasteiger partial charge in [-0.3, -0.25) is 0 Å². The van der Waals surface area contributed by atoms with Gasteiger partial charge in [0.15, 0.2) is 5.84 Å². The van der Waals surface area contributed by atoms with Crippen molar-refractivity contribution in [3.63, 3.8) is 0 Å². The zero-order valence-corrected chi connectivity index (χ0v) is 11.2. The molecule has 0 aromatic heterocycles. The zero-order chi connectivity index (χ0) is 13.1. The van der Waals surface area contributed by atoms with E-state index in [0.29, 0.717) is 10.6 Å². The summed E-state index contributed by atoms with van der Waals surface area (Å²) >= 11 is 6.21. The zero-order valence-electron chi connectivity index (χ0n) is 10.4. The summed E-state index contributed by atoms with van der Waals surface area (Å²) < 4.78 is 0. The van der Waals surface area contributed by atoms with Crippen LogP contribution in [0.1, 0.15) is 24.0 Å². The first kappa shape index (κ1) is 13.2. The number of nitrogens with two attached hydrogens (primary N) is 1. The minimum atomic E-state index is 0.0785. The highest BCUT2D eigenvalue weighted by molar-refractivity contribution is 6.31. The molecule has 0 radical (unpaired) electrons. The first-order valence-corrected chi connectivity index (χ1v) is 6.43. The number of halogens is 1. The van der Waals surface area contributed by atoms with E-state index in [9.17, 15) is 0 Å². The van der Waals surface area contributed by atoms with Gasteiger partial charge in [0.2, 0.25) is 0 Å². The van der Waals surface area contributed by atoms with Crippen molar-refractivity contribution >= 4 is 17.4 Å². The second-order valence-corrected chi connectivity index (χ2v) is 5.34. The Morgan fingerprint density at radius 1 is 1.56 bits per heavy atom. The Bertz CT molecular complexity index is 458. The topological polar surface area (TPSA) is 61.8 Å². The molecule has 1 aliphatic rings. The third-order valence-electron chi connectivity index (χ3n) is 3.16.